The van der Waals surface area contributed by atoms with Gasteiger partial charge in [0, 0.05) is 18.8 Å². The van der Waals surface area contributed by atoms with Gasteiger partial charge in [0.05, 0.1) is 17.1 Å². The molecule has 1 aromatic heterocycles. The Morgan fingerprint density at radius 3 is 2.78 bits per heavy atom. The van der Waals surface area contributed by atoms with Gasteiger partial charge in [0.25, 0.3) is 10.0 Å². The fraction of sp³-hybridized carbons (Fsp3) is 0.235. The van der Waals surface area contributed by atoms with E-state index in [9.17, 15) is 17.9 Å². The van der Waals surface area contributed by atoms with Crippen molar-refractivity contribution in [3.05, 3.63) is 59.9 Å². The summed E-state index contributed by atoms with van der Waals surface area (Å²) in [5, 5.41) is 19.3. The highest BCUT2D eigenvalue weighted by molar-refractivity contribution is 7.89. The minimum Gasteiger partial charge on any atom is -0.486 e. The predicted molar refractivity (Wildman–Crippen MR) is 93.8 cm³/mol. The zero-order valence-corrected chi connectivity index (χ0v) is 15.4. The van der Waals surface area contributed by atoms with Crippen LogP contribution in [0.5, 0.6) is 5.75 Å². The van der Waals surface area contributed by atoms with Crippen LogP contribution < -0.4 is 4.74 Å². The molecule has 0 amide bonds. The first-order valence-corrected chi connectivity index (χ1v) is 9.51. The zero-order chi connectivity index (χ0) is 19.8. The molecule has 0 unspecified atom stereocenters. The standard InChI is InChI=1S/C17H14ClFN3O4S/c1-17(23)10-22(27(24,25)16-5-3-12(18)8-21-16)9-15(17)26-13-4-2-11(7-20)14(19)6-13/h2-6,8,15,23H,1,9-10H2/t15-,17+/m0/s1. The molecule has 0 aliphatic carbocycles. The number of aliphatic hydroxyl groups is 1. The van der Waals surface area contributed by atoms with Crippen LogP contribution in [0.3, 0.4) is 0 Å². The minimum absolute atomic E-state index is 0.0439. The van der Waals surface area contributed by atoms with Crippen LogP contribution in [0.15, 0.2) is 41.6 Å². The summed E-state index contributed by atoms with van der Waals surface area (Å²) < 4.78 is 45.7. The highest BCUT2D eigenvalue weighted by Gasteiger charge is 2.48. The molecule has 0 spiro atoms. The maximum Gasteiger partial charge on any atom is 0.260 e. The van der Waals surface area contributed by atoms with E-state index in [4.69, 9.17) is 21.6 Å². The quantitative estimate of drug-likeness (QED) is 0.823. The number of rotatable bonds is 4. The second-order valence-corrected chi connectivity index (χ2v) is 8.40. The van der Waals surface area contributed by atoms with E-state index in [0.717, 1.165) is 10.4 Å². The highest BCUT2D eigenvalue weighted by Crippen LogP contribution is 2.30. The van der Waals surface area contributed by atoms with Gasteiger partial charge in [-0.25, -0.2) is 17.8 Å². The average molecular weight is 411 g/mol. The lowest BCUT2D eigenvalue weighted by molar-refractivity contribution is 0.00908. The number of nitrogens with zero attached hydrogens (tertiary/aromatic N) is 3. The molecule has 1 aliphatic rings. The molecule has 141 valence electrons. The van der Waals surface area contributed by atoms with E-state index in [-0.39, 0.29) is 34.5 Å². The molecule has 1 aromatic carbocycles. The summed E-state index contributed by atoms with van der Waals surface area (Å²) in [6.07, 6.45) is 0.154. The number of hydrogen-bond donors (Lipinski definition) is 1. The second-order valence-electron chi connectivity index (χ2n) is 6.08. The number of sulfonamides is 1. The molecular weight excluding hydrogens is 397 g/mol. The van der Waals surface area contributed by atoms with Crippen molar-refractivity contribution in [1.82, 2.24) is 9.29 Å². The van der Waals surface area contributed by atoms with Crippen molar-refractivity contribution in [3.63, 3.8) is 0 Å². The van der Waals surface area contributed by atoms with Gasteiger partial charge in [-0.15, -0.1) is 0 Å². The summed E-state index contributed by atoms with van der Waals surface area (Å²) in [6, 6.07) is 7.91. The Balaban J connectivity index is 1.82. The van der Waals surface area contributed by atoms with Crippen molar-refractivity contribution in [2.75, 3.05) is 13.1 Å². The maximum absolute atomic E-state index is 13.7. The lowest BCUT2D eigenvalue weighted by Gasteiger charge is -2.24. The predicted octanol–water partition coefficient (Wildman–Crippen LogP) is 1.76. The molecule has 0 saturated carbocycles. The summed E-state index contributed by atoms with van der Waals surface area (Å²) in [4.78, 5) is 3.80. The van der Waals surface area contributed by atoms with E-state index < -0.39 is 27.5 Å². The normalized spacial score (nSPS) is 23.1. The summed E-state index contributed by atoms with van der Waals surface area (Å²) in [5.74, 6) is -0.738. The van der Waals surface area contributed by atoms with Crippen LogP contribution in [0.2, 0.25) is 5.02 Å². The number of halogens is 2. The smallest absolute Gasteiger partial charge is 0.260 e. The van der Waals surface area contributed by atoms with Crippen LogP contribution in [-0.4, -0.2) is 47.6 Å². The number of nitriles is 1. The van der Waals surface area contributed by atoms with Gasteiger partial charge in [0.15, 0.2) is 5.03 Å². The van der Waals surface area contributed by atoms with Crippen LogP contribution in [0.1, 0.15) is 5.56 Å². The number of ether oxygens (including phenoxy) is 1. The lowest BCUT2D eigenvalue weighted by atomic mass is 10.0. The van der Waals surface area contributed by atoms with E-state index in [2.05, 4.69) is 11.9 Å². The molecule has 0 bridgehead atoms. The monoisotopic (exact) mass is 410 g/mol. The van der Waals surface area contributed by atoms with Gasteiger partial charge in [-0.1, -0.05) is 11.6 Å². The molecule has 7 nitrogen and oxygen atoms in total. The summed E-state index contributed by atoms with van der Waals surface area (Å²) >= 11 is 5.72. The molecule has 1 fully saturated rings. The molecule has 1 N–H and O–H groups in total. The van der Waals surface area contributed by atoms with Gasteiger partial charge in [-0.3, -0.25) is 0 Å². The van der Waals surface area contributed by atoms with E-state index >= 15 is 0 Å². The Morgan fingerprint density at radius 1 is 1.44 bits per heavy atom. The minimum atomic E-state index is -4.00. The summed E-state index contributed by atoms with van der Waals surface area (Å²) in [5.41, 5.74) is -1.92. The lowest BCUT2D eigenvalue weighted by Crippen LogP contribution is -2.42. The second kappa shape index (κ2) is 7.05. The first kappa shape index (κ1) is 19.5. The van der Waals surface area contributed by atoms with E-state index in [0.29, 0.717) is 0 Å². The summed E-state index contributed by atoms with van der Waals surface area (Å²) in [7, 11) is -4.00. The average Bonchev–Trinajstić information content (AvgIpc) is 2.91. The fourth-order valence-corrected chi connectivity index (χ4v) is 4.16. The van der Waals surface area contributed by atoms with Crippen LogP contribution in [0.4, 0.5) is 4.39 Å². The van der Waals surface area contributed by atoms with Crippen molar-refractivity contribution in [3.8, 4) is 11.8 Å². The molecular formula is C17H14ClFN3O4S. The van der Waals surface area contributed by atoms with Crippen molar-refractivity contribution in [2.45, 2.75) is 16.7 Å². The third-order valence-electron chi connectivity index (χ3n) is 4.06. The van der Waals surface area contributed by atoms with Crippen LogP contribution in [-0.2, 0) is 10.0 Å². The van der Waals surface area contributed by atoms with Crippen molar-refractivity contribution >= 4 is 21.6 Å². The highest BCUT2D eigenvalue weighted by atomic mass is 35.5. The van der Waals surface area contributed by atoms with Crippen molar-refractivity contribution < 1.29 is 22.7 Å². The van der Waals surface area contributed by atoms with Crippen LogP contribution >= 0.6 is 11.6 Å². The van der Waals surface area contributed by atoms with E-state index in [1.165, 1.54) is 30.5 Å². The Labute approximate surface area is 160 Å². The van der Waals surface area contributed by atoms with Crippen molar-refractivity contribution in [2.24, 2.45) is 0 Å². The number of β-amino-alcohol motifs (C(OH)–C–C–N with tert-alkyl or cyclic N) is 1. The summed E-state index contributed by atoms with van der Waals surface area (Å²) in [6.45, 7) is 3.07. The Hall–Kier alpha value is -2.25. The maximum atomic E-state index is 13.7. The molecule has 10 heteroatoms. The first-order valence-electron chi connectivity index (χ1n) is 7.69. The first-order chi connectivity index (χ1) is 12.6. The number of pyridine rings is 1. The number of hydrogen-bond acceptors (Lipinski definition) is 6. The zero-order valence-electron chi connectivity index (χ0n) is 13.8. The Kier molecular flexibility index (Phi) is 5.10. The van der Waals surface area contributed by atoms with Gasteiger partial charge in [-0.2, -0.15) is 9.57 Å². The Morgan fingerprint density at radius 2 is 2.19 bits per heavy atom. The molecule has 27 heavy (non-hydrogen) atoms. The van der Waals surface area contributed by atoms with E-state index in [1.807, 2.05) is 0 Å². The van der Waals surface area contributed by atoms with Crippen LogP contribution in [0, 0.1) is 24.1 Å². The molecule has 3 rings (SSSR count). The number of benzene rings is 1. The van der Waals surface area contributed by atoms with Crippen molar-refractivity contribution in [1.29, 1.82) is 5.26 Å². The van der Waals surface area contributed by atoms with Gasteiger partial charge in [0.2, 0.25) is 0 Å². The SMILES string of the molecule is [CH2][C@@]1(O)CN(S(=O)(=O)c2ccc(Cl)cn2)C[C@@H]1Oc1ccc(C#N)c(F)c1. The molecule has 2 heterocycles. The van der Waals surface area contributed by atoms with Gasteiger partial charge < -0.3 is 9.84 Å². The third-order valence-corrected chi connectivity index (χ3v) is 6.01. The third kappa shape index (κ3) is 3.89. The molecule has 2 aromatic rings. The van der Waals surface area contributed by atoms with Crippen LogP contribution in [0.25, 0.3) is 0 Å². The molecule has 1 radical (unpaired) electrons. The number of aromatic nitrogens is 1. The molecule has 1 aliphatic heterocycles. The van der Waals surface area contributed by atoms with E-state index in [1.54, 1.807) is 6.07 Å². The topological polar surface area (TPSA) is 104 Å². The van der Waals surface area contributed by atoms with Gasteiger partial charge in [-0.05, 0) is 31.2 Å². The fourth-order valence-electron chi connectivity index (χ4n) is 2.63. The van der Waals surface area contributed by atoms with Gasteiger partial charge in [0.1, 0.15) is 29.3 Å². The molecule has 2 atom stereocenters. The molecule has 1 saturated heterocycles. The Bertz CT molecular complexity index is 1010. The van der Waals surface area contributed by atoms with Gasteiger partial charge >= 0.3 is 0 Å². The largest absolute Gasteiger partial charge is 0.486 e.